The highest BCUT2D eigenvalue weighted by Crippen LogP contribution is 2.31. The third-order valence-electron chi connectivity index (χ3n) is 3.86. The van der Waals surface area contributed by atoms with Gasteiger partial charge in [-0.2, -0.15) is 0 Å². The SMILES string of the molecule is COc1ncccc1-c1cc(-c2c[nH]c3ncccc23)cc(=O)[nH]1. The third kappa shape index (κ3) is 2.34. The Labute approximate surface area is 137 Å². The van der Waals surface area contributed by atoms with Crippen molar-refractivity contribution in [2.75, 3.05) is 7.11 Å². The summed E-state index contributed by atoms with van der Waals surface area (Å²) in [7, 11) is 1.55. The zero-order valence-corrected chi connectivity index (χ0v) is 12.9. The van der Waals surface area contributed by atoms with Crippen molar-refractivity contribution < 1.29 is 4.74 Å². The van der Waals surface area contributed by atoms with E-state index in [1.165, 1.54) is 0 Å². The van der Waals surface area contributed by atoms with E-state index < -0.39 is 0 Å². The van der Waals surface area contributed by atoms with Crippen LogP contribution in [0.2, 0.25) is 0 Å². The molecule has 24 heavy (non-hydrogen) atoms. The molecule has 0 aromatic carbocycles. The predicted molar refractivity (Wildman–Crippen MR) is 91.9 cm³/mol. The number of nitrogens with zero attached hydrogens (tertiary/aromatic N) is 2. The fraction of sp³-hybridized carbons (Fsp3) is 0.0556. The second kappa shape index (κ2) is 5.66. The van der Waals surface area contributed by atoms with Gasteiger partial charge in [-0.3, -0.25) is 4.79 Å². The number of ether oxygens (including phenoxy) is 1. The van der Waals surface area contributed by atoms with Crippen molar-refractivity contribution in [2.45, 2.75) is 0 Å². The molecule has 0 aliphatic carbocycles. The van der Waals surface area contributed by atoms with Crippen LogP contribution in [0, 0.1) is 0 Å². The van der Waals surface area contributed by atoms with Gasteiger partial charge in [0.15, 0.2) is 0 Å². The van der Waals surface area contributed by atoms with Crippen LogP contribution >= 0.6 is 0 Å². The van der Waals surface area contributed by atoms with Crippen LogP contribution in [0.1, 0.15) is 0 Å². The van der Waals surface area contributed by atoms with Crippen LogP contribution < -0.4 is 10.3 Å². The number of rotatable bonds is 3. The van der Waals surface area contributed by atoms with E-state index >= 15 is 0 Å². The maximum absolute atomic E-state index is 12.2. The summed E-state index contributed by atoms with van der Waals surface area (Å²) < 4.78 is 5.29. The summed E-state index contributed by atoms with van der Waals surface area (Å²) in [4.78, 5) is 26.6. The predicted octanol–water partition coefficient (Wildman–Crippen LogP) is 2.99. The summed E-state index contributed by atoms with van der Waals surface area (Å²) in [5.74, 6) is 0.464. The first-order valence-corrected chi connectivity index (χ1v) is 7.42. The van der Waals surface area contributed by atoms with Gasteiger partial charge in [0.05, 0.1) is 18.4 Å². The summed E-state index contributed by atoms with van der Waals surface area (Å²) in [5.41, 5.74) is 3.71. The van der Waals surface area contributed by atoms with Crippen molar-refractivity contribution in [2.24, 2.45) is 0 Å². The van der Waals surface area contributed by atoms with Crippen LogP contribution in [-0.2, 0) is 0 Å². The normalized spacial score (nSPS) is 10.9. The van der Waals surface area contributed by atoms with E-state index in [-0.39, 0.29) is 5.56 Å². The van der Waals surface area contributed by atoms with E-state index in [0.717, 1.165) is 27.7 Å². The van der Waals surface area contributed by atoms with Crippen molar-refractivity contribution in [3.05, 3.63) is 65.3 Å². The molecule has 0 spiro atoms. The molecule has 4 aromatic rings. The fourth-order valence-electron chi connectivity index (χ4n) is 2.80. The number of aromatic nitrogens is 4. The molecule has 0 unspecified atom stereocenters. The molecule has 4 heterocycles. The topological polar surface area (TPSA) is 83.7 Å². The Morgan fingerprint density at radius 1 is 1.04 bits per heavy atom. The molecule has 0 bridgehead atoms. The standard InChI is InChI=1S/C18H14N4O2/c1-24-18-13(5-3-7-20-18)15-8-11(9-16(23)22-15)14-10-21-17-12(14)4-2-6-19-17/h2-10H,1H3,(H,19,21)(H,22,23). The largest absolute Gasteiger partial charge is 0.481 e. The van der Waals surface area contributed by atoms with E-state index in [4.69, 9.17) is 4.74 Å². The van der Waals surface area contributed by atoms with Gasteiger partial charge in [-0.15, -0.1) is 0 Å². The first-order chi connectivity index (χ1) is 11.8. The Morgan fingerprint density at radius 2 is 1.88 bits per heavy atom. The lowest BCUT2D eigenvalue weighted by Gasteiger charge is -2.08. The maximum Gasteiger partial charge on any atom is 0.249 e. The first kappa shape index (κ1) is 14.2. The summed E-state index contributed by atoms with van der Waals surface area (Å²) in [6.45, 7) is 0. The van der Waals surface area contributed by atoms with Crippen LogP contribution in [-0.4, -0.2) is 27.0 Å². The molecular formula is C18H14N4O2. The number of hydrogen-bond acceptors (Lipinski definition) is 4. The average molecular weight is 318 g/mol. The van der Waals surface area contributed by atoms with Gasteiger partial charge in [-0.1, -0.05) is 0 Å². The molecule has 0 amide bonds. The molecular weight excluding hydrogens is 304 g/mol. The Kier molecular flexibility index (Phi) is 3.35. The summed E-state index contributed by atoms with van der Waals surface area (Å²) in [6.07, 6.45) is 5.23. The molecule has 6 nitrogen and oxygen atoms in total. The van der Waals surface area contributed by atoms with E-state index in [0.29, 0.717) is 11.6 Å². The lowest BCUT2D eigenvalue weighted by molar-refractivity contribution is 0.399. The Bertz CT molecular complexity index is 1080. The minimum Gasteiger partial charge on any atom is -0.481 e. The average Bonchev–Trinajstić information content (AvgIpc) is 3.05. The molecule has 0 saturated heterocycles. The number of hydrogen-bond donors (Lipinski definition) is 2. The molecule has 0 aliphatic heterocycles. The van der Waals surface area contributed by atoms with Crippen molar-refractivity contribution in [3.8, 4) is 28.3 Å². The second-order valence-corrected chi connectivity index (χ2v) is 5.31. The Morgan fingerprint density at radius 3 is 2.75 bits per heavy atom. The van der Waals surface area contributed by atoms with Crippen LogP contribution in [0.15, 0.2) is 59.8 Å². The van der Waals surface area contributed by atoms with E-state index in [1.807, 2.05) is 30.5 Å². The van der Waals surface area contributed by atoms with Gasteiger partial charge in [0, 0.05) is 35.6 Å². The summed E-state index contributed by atoms with van der Waals surface area (Å²) >= 11 is 0. The third-order valence-corrected chi connectivity index (χ3v) is 3.86. The molecule has 0 fully saturated rings. The summed E-state index contributed by atoms with van der Waals surface area (Å²) in [5, 5.41) is 0.965. The smallest absolute Gasteiger partial charge is 0.249 e. The summed E-state index contributed by atoms with van der Waals surface area (Å²) in [6, 6.07) is 11.0. The number of H-pyrrole nitrogens is 2. The molecule has 2 N–H and O–H groups in total. The molecule has 0 saturated carbocycles. The van der Waals surface area contributed by atoms with Gasteiger partial charge in [0.1, 0.15) is 5.65 Å². The Balaban J connectivity index is 1.93. The van der Waals surface area contributed by atoms with Gasteiger partial charge in [-0.25, -0.2) is 9.97 Å². The van der Waals surface area contributed by atoms with Crippen LogP contribution in [0.25, 0.3) is 33.4 Å². The van der Waals surface area contributed by atoms with Crippen molar-refractivity contribution in [1.29, 1.82) is 0 Å². The highest BCUT2D eigenvalue weighted by atomic mass is 16.5. The molecule has 0 aliphatic rings. The van der Waals surface area contributed by atoms with E-state index in [2.05, 4.69) is 19.9 Å². The quantitative estimate of drug-likeness (QED) is 0.608. The van der Waals surface area contributed by atoms with Gasteiger partial charge >= 0.3 is 0 Å². The van der Waals surface area contributed by atoms with Crippen molar-refractivity contribution in [1.82, 2.24) is 19.9 Å². The first-order valence-electron chi connectivity index (χ1n) is 7.42. The zero-order chi connectivity index (χ0) is 16.5. The lowest BCUT2D eigenvalue weighted by atomic mass is 10.0. The van der Waals surface area contributed by atoms with Crippen LogP contribution in [0.5, 0.6) is 5.88 Å². The minimum absolute atomic E-state index is 0.188. The van der Waals surface area contributed by atoms with E-state index in [9.17, 15) is 4.79 Å². The minimum atomic E-state index is -0.188. The number of nitrogens with one attached hydrogen (secondary N) is 2. The molecule has 4 aromatic heterocycles. The monoisotopic (exact) mass is 318 g/mol. The molecule has 0 atom stereocenters. The van der Waals surface area contributed by atoms with Gasteiger partial charge < -0.3 is 14.7 Å². The lowest BCUT2D eigenvalue weighted by Crippen LogP contribution is -2.06. The maximum atomic E-state index is 12.2. The zero-order valence-electron chi connectivity index (χ0n) is 12.9. The van der Waals surface area contributed by atoms with Crippen molar-refractivity contribution in [3.63, 3.8) is 0 Å². The van der Waals surface area contributed by atoms with Crippen molar-refractivity contribution >= 4 is 11.0 Å². The van der Waals surface area contributed by atoms with Crippen LogP contribution in [0.4, 0.5) is 0 Å². The second-order valence-electron chi connectivity index (χ2n) is 5.31. The van der Waals surface area contributed by atoms with Gasteiger partial charge in [0.25, 0.3) is 0 Å². The number of aromatic amines is 2. The van der Waals surface area contributed by atoms with E-state index in [1.54, 1.807) is 31.6 Å². The number of fused-ring (bicyclic) bond motifs is 1. The highest BCUT2D eigenvalue weighted by molar-refractivity contribution is 5.94. The van der Waals surface area contributed by atoms with Gasteiger partial charge in [-0.05, 0) is 35.9 Å². The molecule has 4 rings (SSSR count). The molecule has 118 valence electrons. The van der Waals surface area contributed by atoms with Crippen LogP contribution in [0.3, 0.4) is 0 Å². The molecule has 6 heteroatoms. The fourth-order valence-corrected chi connectivity index (χ4v) is 2.80. The highest BCUT2D eigenvalue weighted by Gasteiger charge is 2.12. The molecule has 0 radical (unpaired) electrons. The number of methoxy groups -OCH3 is 1. The van der Waals surface area contributed by atoms with Gasteiger partial charge in [0.2, 0.25) is 11.4 Å². The Hall–Kier alpha value is -3.41. The number of pyridine rings is 3.